The van der Waals surface area contributed by atoms with Crippen molar-refractivity contribution >= 4 is 28.4 Å². The number of halogens is 1. The molecule has 22 heavy (non-hydrogen) atoms. The van der Waals surface area contributed by atoms with Gasteiger partial charge in [0.1, 0.15) is 0 Å². The zero-order valence-corrected chi connectivity index (χ0v) is 12.4. The maximum atomic E-state index is 12.1. The van der Waals surface area contributed by atoms with Gasteiger partial charge < -0.3 is 10.3 Å². The van der Waals surface area contributed by atoms with Crippen LogP contribution in [-0.2, 0) is 0 Å². The summed E-state index contributed by atoms with van der Waals surface area (Å²) in [5, 5.41) is 4.51. The molecule has 1 heterocycles. The molecule has 108 valence electrons. The number of benzene rings is 2. The topological polar surface area (TPSA) is 44.9 Å². The maximum absolute atomic E-state index is 12.1. The number of hydrogen-bond donors (Lipinski definition) is 2. The first-order valence-corrected chi connectivity index (χ1v) is 7.20. The largest absolute Gasteiger partial charge is 0.361 e. The Hall–Kier alpha value is -2.70. The molecule has 0 spiro atoms. The van der Waals surface area contributed by atoms with Crippen molar-refractivity contribution in [3.05, 3.63) is 70.9 Å². The molecule has 1 amide bonds. The highest BCUT2D eigenvalue weighted by molar-refractivity contribution is 6.30. The number of fused-ring (bicyclic) bond motifs is 1. The van der Waals surface area contributed by atoms with Crippen molar-refractivity contribution in [3.8, 4) is 11.8 Å². The van der Waals surface area contributed by atoms with Crippen molar-refractivity contribution in [3.63, 3.8) is 0 Å². The molecule has 0 unspecified atom stereocenters. The summed E-state index contributed by atoms with van der Waals surface area (Å²) in [6.07, 6.45) is 1.85. The molecule has 0 atom stereocenters. The average Bonchev–Trinajstić information content (AvgIpc) is 2.99. The van der Waals surface area contributed by atoms with E-state index in [-0.39, 0.29) is 12.5 Å². The molecule has 0 saturated heterocycles. The summed E-state index contributed by atoms with van der Waals surface area (Å²) in [4.78, 5) is 15.2. The number of aromatic nitrogens is 1. The highest BCUT2D eigenvalue weighted by Crippen LogP contribution is 2.14. The van der Waals surface area contributed by atoms with E-state index in [1.54, 1.807) is 18.2 Å². The first kappa shape index (κ1) is 14.2. The number of amides is 1. The van der Waals surface area contributed by atoms with Crippen molar-refractivity contribution in [2.75, 3.05) is 6.54 Å². The Morgan fingerprint density at radius 3 is 2.95 bits per heavy atom. The number of nitrogens with one attached hydrogen (secondary N) is 2. The summed E-state index contributed by atoms with van der Waals surface area (Å²) >= 11 is 5.89. The lowest BCUT2D eigenvalue weighted by molar-refractivity contribution is 0.0959. The van der Waals surface area contributed by atoms with Crippen LogP contribution in [0, 0.1) is 11.8 Å². The van der Waals surface area contributed by atoms with Crippen LogP contribution in [0.5, 0.6) is 0 Å². The Balaban J connectivity index is 1.63. The summed E-state index contributed by atoms with van der Waals surface area (Å²) in [5.41, 5.74) is 2.38. The van der Waals surface area contributed by atoms with Crippen LogP contribution in [0.15, 0.2) is 54.7 Å². The Morgan fingerprint density at radius 1 is 1.18 bits per heavy atom. The number of carbonyl (C=O) groups is 1. The fraction of sp³-hybridized carbons (Fsp3) is 0.0556. The van der Waals surface area contributed by atoms with E-state index in [9.17, 15) is 4.79 Å². The van der Waals surface area contributed by atoms with Crippen LogP contribution in [0.3, 0.4) is 0 Å². The van der Waals surface area contributed by atoms with Gasteiger partial charge in [-0.2, -0.15) is 0 Å². The van der Waals surface area contributed by atoms with Gasteiger partial charge in [0.25, 0.3) is 5.91 Å². The highest BCUT2D eigenvalue weighted by Gasteiger charge is 2.05. The van der Waals surface area contributed by atoms with E-state index in [0.717, 1.165) is 16.5 Å². The Bertz CT molecular complexity index is 886. The zero-order chi connectivity index (χ0) is 15.4. The van der Waals surface area contributed by atoms with E-state index in [4.69, 9.17) is 11.6 Å². The second-order valence-corrected chi connectivity index (χ2v) is 5.21. The second kappa shape index (κ2) is 6.38. The molecule has 0 bridgehead atoms. The molecule has 3 aromatic rings. The molecular formula is C18H13ClN2O. The first-order valence-electron chi connectivity index (χ1n) is 6.82. The van der Waals surface area contributed by atoms with Crippen LogP contribution in [-0.4, -0.2) is 17.4 Å². The van der Waals surface area contributed by atoms with Crippen molar-refractivity contribution in [2.45, 2.75) is 0 Å². The fourth-order valence-electron chi connectivity index (χ4n) is 2.13. The van der Waals surface area contributed by atoms with Crippen LogP contribution in [0.25, 0.3) is 10.9 Å². The minimum Gasteiger partial charge on any atom is -0.361 e. The van der Waals surface area contributed by atoms with Gasteiger partial charge in [0.05, 0.1) is 6.54 Å². The molecule has 2 aromatic carbocycles. The first-order chi connectivity index (χ1) is 10.7. The third-order valence-corrected chi connectivity index (χ3v) is 3.45. The van der Waals surface area contributed by atoms with Crippen LogP contribution in [0.2, 0.25) is 5.02 Å². The molecule has 1 aromatic heterocycles. The van der Waals surface area contributed by atoms with E-state index in [1.807, 2.05) is 36.5 Å². The normalized spacial score (nSPS) is 10.0. The minimum absolute atomic E-state index is 0.142. The number of carbonyl (C=O) groups excluding carboxylic acids is 1. The molecule has 3 nitrogen and oxygen atoms in total. The number of rotatable bonds is 2. The molecule has 0 saturated carbocycles. The Morgan fingerprint density at radius 2 is 2.09 bits per heavy atom. The predicted octanol–water partition coefficient (Wildman–Crippen LogP) is 3.60. The predicted molar refractivity (Wildman–Crippen MR) is 89.0 cm³/mol. The van der Waals surface area contributed by atoms with E-state index in [0.29, 0.717) is 10.6 Å². The molecule has 4 heteroatoms. The SMILES string of the molecule is O=C(NCC#Cc1cccc(Cl)c1)c1ccc2cc[nH]c2c1. The highest BCUT2D eigenvalue weighted by atomic mass is 35.5. The van der Waals surface area contributed by atoms with Gasteiger partial charge >= 0.3 is 0 Å². The molecule has 0 aliphatic heterocycles. The van der Waals surface area contributed by atoms with Gasteiger partial charge in [0, 0.05) is 27.9 Å². The lowest BCUT2D eigenvalue weighted by Crippen LogP contribution is -2.23. The van der Waals surface area contributed by atoms with Crippen LogP contribution in [0.4, 0.5) is 0 Å². The van der Waals surface area contributed by atoms with E-state index in [1.165, 1.54) is 0 Å². The standard InChI is InChI=1S/C18H13ClN2O/c19-16-5-1-3-13(11-16)4-2-9-21-18(22)15-7-6-14-8-10-20-17(14)12-15/h1,3,5-8,10-12,20H,9H2,(H,21,22). The summed E-state index contributed by atoms with van der Waals surface area (Å²) in [6.45, 7) is 0.286. The van der Waals surface area contributed by atoms with Gasteiger partial charge in [-0.25, -0.2) is 0 Å². The zero-order valence-electron chi connectivity index (χ0n) is 11.7. The smallest absolute Gasteiger partial charge is 0.252 e. The van der Waals surface area contributed by atoms with Gasteiger partial charge in [0.2, 0.25) is 0 Å². The molecule has 0 radical (unpaired) electrons. The third kappa shape index (κ3) is 3.30. The second-order valence-electron chi connectivity index (χ2n) is 4.77. The van der Waals surface area contributed by atoms with E-state index in [2.05, 4.69) is 22.1 Å². The van der Waals surface area contributed by atoms with Crippen molar-refractivity contribution < 1.29 is 4.79 Å². The van der Waals surface area contributed by atoms with Crippen molar-refractivity contribution in [1.82, 2.24) is 10.3 Å². The lowest BCUT2D eigenvalue weighted by Gasteiger charge is -2.01. The molecule has 0 aliphatic rings. The number of hydrogen-bond acceptors (Lipinski definition) is 1. The minimum atomic E-state index is -0.142. The van der Waals surface area contributed by atoms with Gasteiger partial charge in [0.15, 0.2) is 0 Å². The van der Waals surface area contributed by atoms with Gasteiger partial charge in [-0.05, 0) is 41.8 Å². The Kier molecular flexibility index (Phi) is 4.13. The van der Waals surface area contributed by atoms with Crippen molar-refractivity contribution in [2.24, 2.45) is 0 Å². The summed E-state index contributed by atoms with van der Waals surface area (Å²) in [6, 6.07) is 14.8. The summed E-state index contributed by atoms with van der Waals surface area (Å²) in [7, 11) is 0. The monoisotopic (exact) mass is 308 g/mol. The Labute approximate surface area is 133 Å². The summed E-state index contributed by atoms with van der Waals surface area (Å²) in [5.74, 6) is 5.73. The van der Waals surface area contributed by atoms with Gasteiger partial charge in [-0.1, -0.05) is 35.6 Å². The van der Waals surface area contributed by atoms with E-state index < -0.39 is 0 Å². The number of H-pyrrole nitrogens is 1. The third-order valence-electron chi connectivity index (χ3n) is 3.21. The lowest BCUT2D eigenvalue weighted by atomic mass is 10.1. The van der Waals surface area contributed by atoms with Gasteiger partial charge in [-0.15, -0.1) is 0 Å². The van der Waals surface area contributed by atoms with Crippen LogP contribution < -0.4 is 5.32 Å². The average molecular weight is 309 g/mol. The maximum Gasteiger partial charge on any atom is 0.252 e. The van der Waals surface area contributed by atoms with Crippen molar-refractivity contribution in [1.29, 1.82) is 0 Å². The molecule has 3 rings (SSSR count). The number of aromatic amines is 1. The quantitative estimate of drug-likeness (QED) is 0.698. The van der Waals surface area contributed by atoms with Crippen LogP contribution in [0.1, 0.15) is 15.9 Å². The molecule has 0 aliphatic carbocycles. The van der Waals surface area contributed by atoms with Crippen LogP contribution >= 0.6 is 11.6 Å². The fourth-order valence-corrected chi connectivity index (χ4v) is 2.32. The molecule has 2 N–H and O–H groups in total. The molecular weight excluding hydrogens is 296 g/mol. The van der Waals surface area contributed by atoms with E-state index >= 15 is 0 Å². The molecule has 0 fully saturated rings. The van der Waals surface area contributed by atoms with Gasteiger partial charge in [-0.3, -0.25) is 4.79 Å². The summed E-state index contributed by atoms with van der Waals surface area (Å²) < 4.78 is 0.